The molecule has 8 heteroatoms. The molecule has 1 saturated heterocycles. The van der Waals surface area contributed by atoms with Gasteiger partial charge in [0.15, 0.2) is 11.5 Å². The van der Waals surface area contributed by atoms with Crippen molar-refractivity contribution in [3.63, 3.8) is 0 Å². The Kier molecular flexibility index (Phi) is 4.63. The number of benzene rings is 1. The van der Waals surface area contributed by atoms with Crippen molar-refractivity contribution in [3.05, 3.63) is 23.3 Å². The Morgan fingerprint density at radius 1 is 0.960 bits per heavy atom. The number of urea groups is 1. The minimum absolute atomic E-state index is 0.105. The first-order valence-electron chi connectivity index (χ1n) is 8.13. The molecule has 0 saturated carbocycles. The number of hydrogen-bond acceptors (Lipinski definition) is 6. The summed E-state index contributed by atoms with van der Waals surface area (Å²) in [4.78, 5) is 40.0. The number of methoxy groups -OCH3 is 2. The van der Waals surface area contributed by atoms with E-state index in [1.54, 1.807) is 21.1 Å². The molecule has 0 aromatic heterocycles. The van der Waals surface area contributed by atoms with Crippen molar-refractivity contribution in [2.45, 2.75) is 19.9 Å². The highest BCUT2D eigenvalue weighted by Gasteiger charge is 2.44. The number of nitrogens with zero attached hydrogens (tertiary/aromatic N) is 3. The Morgan fingerprint density at radius 3 is 2.12 bits per heavy atom. The Labute approximate surface area is 145 Å². The molecule has 0 spiro atoms. The third-order valence-corrected chi connectivity index (χ3v) is 4.59. The van der Waals surface area contributed by atoms with Crippen LogP contribution >= 0.6 is 0 Å². The molecule has 0 aliphatic carbocycles. The topological polar surface area (TPSA) is 79.4 Å². The maximum atomic E-state index is 12.2. The van der Waals surface area contributed by atoms with Crippen LogP contribution < -0.4 is 9.47 Å². The van der Waals surface area contributed by atoms with E-state index in [2.05, 4.69) is 0 Å². The van der Waals surface area contributed by atoms with Crippen LogP contribution in [0, 0.1) is 0 Å². The third kappa shape index (κ3) is 2.93. The summed E-state index contributed by atoms with van der Waals surface area (Å²) in [6.45, 7) is 3.21. The predicted octanol–water partition coefficient (Wildman–Crippen LogP) is 0.830. The van der Waals surface area contributed by atoms with Gasteiger partial charge in [0.1, 0.15) is 0 Å². The van der Waals surface area contributed by atoms with Gasteiger partial charge in [0.25, 0.3) is 0 Å². The lowest BCUT2D eigenvalue weighted by Crippen LogP contribution is -2.44. The highest BCUT2D eigenvalue weighted by Crippen LogP contribution is 2.33. The summed E-state index contributed by atoms with van der Waals surface area (Å²) in [7, 11) is 3.18. The zero-order valence-electron chi connectivity index (χ0n) is 14.6. The van der Waals surface area contributed by atoms with E-state index in [-0.39, 0.29) is 13.2 Å². The molecule has 0 unspecified atom stereocenters. The Morgan fingerprint density at radius 2 is 1.56 bits per heavy atom. The number of rotatable bonds is 5. The summed E-state index contributed by atoms with van der Waals surface area (Å²) in [6.07, 6.45) is 0.761. The van der Waals surface area contributed by atoms with E-state index >= 15 is 0 Å². The second-order valence-corrected chi connectivity index (χ2v) is 5.99. The second kappa shape index (κ2) is 6.72. The quantitative estimate of drug-likeness (QED) is 0.580. The molecule has 2 heterocycles. The fourth-order valence-corrected chi connectivity index (χ4v) is 3.22. The molecule has 0 N–H and O–H groups in total. The van der Waals surface area contributed by atoms with Crippen LogP contribution in [0.4, 0.5) is 4.79 Å². The summed E-state index contributed by atoms with van der Waals surface area (Å²) in [5.41, 5.74) is 2.21. The molecule has 1 aromatic carbocycles. The summed E-state index contributed by atoms with van der Waals surface area (Å²) in [5, 5.41) is 0. The fraction of sp³-hybridized carbons (Fsp3) is 0.471. The standard InChI is InChI=1S/C17H21N3O5/c1-4-19-15(21)16(22)20(17(19)23)10-18-6-5-11-7-13(24-2)14(25-3)8-12(11)9-18/h7-8H,4-6,9-10H2,1-3H3. The lowest BCUT2D eigenvalue weighted by atomic mass is 9.99. The summed E-state index contributed by atoms with van der Waals surface area (Å²) in [5.74, 6) is -0.186. The van der Waals surface area contributed by atoms with E-state index in [9.17, 15) is 14.4 Å². The zero-order valence-corrected chi connectivity index (χ0v) is 14.6. The molecule has 0 bridgehead atoms. The van der Waals surface area contributed by atoms with Gasteiger partial charge in [-0.05, 0) is 36.6 Å². The van der Waals surface area contributed by atoms with Crippen LogP contribution in [0.3, 0.4) is 0 Å². The molecule has 2 aliphatic heterocycles. The van der Waals surface area contributed by atoms with Gasteiger partial charge in [-0.25, -0.2) is 9.69 Å². The maximum Gasteiger partial charge on any atom is 0.335 e. The van der Waals surface area contributed by atoms with Gasteiger partial charge in [-0.1, -0.05) is 0 Å². The average Bonchev–Trinajstić information content (AvgIpc) is 2.83. The first-order chi connectivity index (χ1) is 12.0. The molecule has 0 atom stereocenters. The van der Waals surface area contributed by atoms with E-state index in [1.165, 1.54) is 0 Å². The van der Waals surface area contributed by atoms with Gasteiger partial charge in [-0.3, -0.25) is 19.4 Å². The van der Waals surface area contributed by atoms with Crippen LogP contribution in [0.5, 0.6) is 11.5 Å². The summed E-state index contributed by atoms with van der Waals surface area (Å²) >= 11 is 0. The van der Waals surface area contributed by atoms with Gasteiger partial charge in [-0.15, -0.1) is 0 Å². The number of imide groups is 2. The van der Waals surface area contributed by atoms with Crippen molar-refractivity contribution < 1.29 is 23.9 Å². The van der Waals surface area contributed by atoms with Gasteiger partial charge in [0.2, 0.25) is 0 Å². The number of fused-ring (bicyclic) bond motifs is 1. The third-order valence-electron chi connectivity index (χ3n) is 4.59. The number of carbonyl (C=O) groups excluding carboxylic acids is 3. The van der Waals surface area contributed by atoms with Gasteiger partial charge in [0.05, 0.1) is 20.9 Å². The van der Waals surface area contributed by atoms with Crippen LogP contribution in [0.1, 0.15) is 18.1 Å². The molecule has 1 aromatic rings. The smallest absolute Gasteiger partial charge is 0.335 e. The van der Waals surface area contributed by atoms with Crippen LogP contribution in [-0.4, -0.2) is 66.5 Å². The number of amides is 4. The first kappa shape index (κ1) is 17.2. The van der Waals surface area contributed by atoms with Crippen molar-refractivity contribution in [1.82, 2.24) is 14.7 Å². The summed E-state index contributed by atoms with van der Waals surface area (Å²) in [6, 6.07) is 3.33. The Bertz CT molecular complexity index is 733. The largest absolute Gasteiger partial charge is 0.493 e. The molecule has 4 amide bonds. The van der Waals surface area contributed by atoms with Gasteiger partial charge < -0.3 is 9.47 Å². The van der Waals surface area contributed by atoms with Crippen molar-refractivity contribution in [3.8, 4) is 11.5 Å². The zero-order chi connectivity index (χ0) is 18.1. The minimum atomic E-state index is -0.759. The van der Waals surface area contributed by atoms with Crippen LogP contribution in [0.15, 0.2) is 12.1 Å². The maximum absolute atomic E-state index is 12.2. The van der Waals surface area contributed by atoms with Crippen molar-refractivity contribution in [2.75, 3.05) is 34.0 Å². The average molecular weight is 347 g/mol. The molecule has 134 valence electrons. The molecule has 3 rings (SSSR count). The van der Waals surface area contributed by atoms with Crippen LogP contribution in [0.25, 0.3) is 0 Å². The van der Waals surface area contributed by atoms with Crippen molar-refractivity contribution >= 4 is 17.8 Å². The Hall–Kier alpha value is -2.61. The Balaban J connectivity index is 1.76. The molecule has 1 fully saturated rings. The summed E-state index contributed by atoms with van der Waals surface area (Å²) < 4.78 is 10.7. The van der Waals surface area contributed by atoms with Crippen LogP contribution in [-0.2, 0) is 22.6 Å². The molecule has 2 aliphatic rings. The number of ether oxygens (including phenoxy) is 2. The fourth-order valence-electron chi connectivity index (χ4n) is 3.22. The number of likely N-dealkylation sites (N-methyl/N-ethyl adjacent to an activating group) is 1. The molecule has 8 nitrogen and oxygen atoms in total. The second-order valence-electron chi connectivity index (χ2n) is 5.99. The van der Waals surface area contributed by atoms with E-state index in [1.807, 2.05) is 17.0 Å². The van der Waals surface area contributed by atoms with E-state index < -0.39 is 17.8 Å². The number of carbonyl (C=O) groups is 3. The molecular formula is C17H21N3O5. The highest BCUT2D eigenvalue weighted by atomic mass is 16.5. The van der Waals surface area contributed by atoms with E-state index in [4.69, 9.17) is 9.47 Å². The van der Waals surface area contributed by atoms with E-state index in [0.29, 0.717) is 24.6 Å². The van der Waals surface area contributed by atoms with Crippen molar-refractivity contribution in [1.29, 1.82) is 0 Å². The lowest BCUT2D eigenvalue weighted by molar-refractivity contribution is -0.143. The highest BCUT2D eigenvalue weighted by molar-refractivity contribution is 6.44. The van der Waals surface area contributed by atoms with Gasteiger partial charge in [0, 0.05) is 19.6 Å². The lowest BCUT2D eigenvalue weighted by Gasteiger charge is -2.31. The normalized spacial score (nSPS) is 18.0. The SMILES string of the molecule is CCN1C(=O)C(=O)N(CN2CCc3cc(OC)c(OC)cc3C2)C1=O. The monoisotopic (exact) mass is 347 g/mol. The van der Waals surface area contributed by atoms with E-state index in [0.717, 1.165) is 27.3 Å². The predicted molar refractivity (Wildman–Crippen MR) is 88.2 cm³/mol. The van der Waals surface area contributed by atoms with Crippen molar-refractivity contribution in [2.24, 2.45) is 0 Å². The first-order valence-corrected chi connectivity index (χ1v) is 8.13. The minimum Gasteiger partial charge on any atom is -0.493 e. The number of hydrogen-bond donors (Lipinski definition) is 0. The van der Waals surface area contributed by atoms with Gasteiger partial charge >= 0.3 is 17.8 Å². The molecular weight excluding hydrogens is 326 g/mol. The molecule has 25 heavy (non-hydrogen) atoms. The van der Waals surface area contributed by atoms with Crippen LogP contribution in [0.2, 0.25) is 0 Å². The molecule has 0 radical (unpaired) electrons. The van der Waals surface area contributed by atoms with Gasteiger partial charge in [-0.2, -0.15) is 0 Å².